The first kappa shape index (κ1) is 29.3. The third-order valence-corrected chi connectivity index (χ3v) is 6.52. The van der Waals surface area contributed by atoms with Gasteiger partial charge >= 0.3 is 12.2 Å². The zero-order chi connectivity index (χ0) is 28.3. The maximum Gasteiger partial charge on any atom is 0.416 e. The molecule has 0 spiro atoms. The molecule has 2 amide bonds. The van der Waals surface area contributed by atoms with E-state index in [2.05, 4.69) is 33.6 Å². The molecule has 1 fully saturated rings. The molecular formula is C30H42N4O4. The van der Waals surface area contributed by atoms with Crippen LogP contribution >= 0.6 is 0 Å². The molecule has 0 bridgehead atoms. The molecule has 2 aliphatic rings. The van der Waals surface area contributed by atoms with Gasteiger partial charge in [-0.3, -0.25) is 9.80 Å². The van der Waals surface area contributed by atoms with Gasteiger partial charge in [0, 0.05) is 25.7 Å². The second kappa shape index (κ2) is 11.3. The fourth-order valence-electron chi connectivity index (χ4n) is 4.38. The fraction of sp³-hybridized carbons (Fsp3) is 0.633. The molecule has 0 N–H and O–H groups in total. The summed E-state index contributed by atoms with van der Waals surface area (Å²) in [6.07, 6.45) is 1.93. The first-order valence-corrected chi connectivity index (χ1v) is 13.3. The lowest BCUT2D eigenvalue weighted by Gasteiger charge is -2.35. The van der Waals surface area contributed by atoms with Crippen LogP contribution in [0.25, 0.3) is 0 Å². The number of likely N-dealkylation sites (N-methyl/N-ethyl adjacent to an activating group) is 1. The van der Waals surface area contributed by atoms with Crippen LogP contribution in [0.4, 0.5) is 15.4 Å². The van der Waals surface area contributed by atoms with Crippen LogP contribution in [0.3, 0.4) is 0 Å². The van der Waals surface area contributed by atoms with E-state index in [9.17, 15) is 9.59 Å². The molecule has 1 aromatic heterocycles. The van der Waals surface area contributed by atoms with Crippen molar-refractivity contribution in [1.29, 1.82) is 0 Å². The molecule has 8 heteroatoms. The van der Waals surface area contributed by atoms with Crippen molar-refractivity contribution in [3.8, 4) is 23.7 Å². The lowest BCUT2D eigenvalue weighted by molar-refractivity contribution is 0.0273. The van der Waals surface area contributed by atoms with Gasteiger partial charge in [-0.25, -0.2) is 14.6 Å². The van der Waals surface area contributed by atoms with E-state index in [1.165, 1.54) is 0 Å². The quantitative estimate of drug-likeness (QED) is 0.517. The van der Waals surface area contributed by atoms with E-state index >= 15 is 0 Å². The molecule has 0 saturated carbocycles. The number of nitrogens with zero attached hydrogens (tertiary/aromatic N) is 4. The molecule has 0 aromatic carbocycles. The number of carbonyl (C=O) groups excluding carboxylic acids is 2. The number of rotatable bonds is 2. The first-order chi connectivity index (χ1) is 17.6. The minimum Gasteiger partial charge on any atom is -0.444 e. The number of hydrogen-bond donors (Lipinski definition) is 0. The minimum atomic E-state index is -0.575. The van der Waals surface area contributed by atoms with Gasteiger partial charge in [0.05, 0.1) is 5.54 Å². The van der Waals surface area contributed by atoms with Gasteiger partial charge in [-0.2, -0.15) is 0 Å². The molecule has 0 aliphatic carbocycles. The average molecular weight is 523 g/mol. The molecule has 3 rings (SSSR count). The fourth-order valence-corrected chi connectivity index (χ4v) is 4.38. The van der Waals surface area contributed by atoms with Crippen LogP contribution in [0, 0.1) is 23.7 Å². The summed E-state index contributed by atoms with van der Waals surface area (Å²) < 4.78 is 11.1. The third kappa shape index (κ3) is 7.88. The Bertz CT molecular complexity index is 1170. The lowest BCUT2D eigenvalue weighted by Crippen LogP contribution is -2.48. The van der Waals surface area contributed by atoms with E-state index in [-0.39, 0.29) is 12.1 Å². The summed E-state index contributed by atoms with van der Waals surface area (Å²) in [6, 6.07) is 4.03. The third-order valence-electron chi connectivity index (χ3n) is 6.52. The number of likely N-dealkylation sites (tertiary alicyclic amines) is 1. The summed E-state index contributed by atoms with van der Waals surface area (Å²) in [5.74, 6) is 12.8. The lowest BCUT2D eigenvalue weighted by atomic mass is 10.0. The van der Waals surface area contributed by atoms with E-state index in [1.54, 1.807) is 9.80 Å². The molecule has 0 unspecified atom stereocenters. The van der Waals surface area contributed by atoms with Gasteiger partial charge in [-0.05, 0) is 111 Å². The molecule has 1 aromatic rings. The summed E-state index contributed by atoms with van der Waals surface area (Å²) in [5, 5.41) is 0. The highest BCUT2D eigenvalue weighted by Gasteiger charge is 2.36. The largest absolute Gasteiger partial charge is 0.444 e. The number of ether oxygens (including phenoxy) is 2. The maximum absolute atomic E-state index is 12.7. The van der Waals surface area contributed by atoms with Gasteiger partial charge in [-0.1, -0.05) is 12.0 Å². The number of fused-ring (bicyclic) bond motifs is 1. The van der Waals surface area contributed by atoms with Crippen molar-refractivity contribution in [3.63, 3.8) is 0 Å². The number of hydrogen-bond acceptors (Lipinski definition) is 6. The highest BCUT2D eigenvalue weighted by atomic mass is 16.6. The Hall–Kier alpha value is -3.23. The zero-order valence-electron chi connectivity index (χ0n) is 24.4. The number of pyridine rings is 1. The van der Waals surface area contributed by atoms with Crippen molar-refractivity contribution in [1.82, 2.24) is 14.8 Å². The van der Waals surface area contributed by atoms with Crippen LogP contribution in [-0.2, 0) is 15.9 Å². The van der Waals surface area contributed by atoms with Gasteiger partial charge in [0.2, 0.25) is 0 Å². The Labute approximate surface area is 228 Å². The summed E-state index contributed by atoms with van der Waals surface area (Å²) in [7, 11) is 2.03. The molecule has 0 radical (unpaired) electrons. The minimum absolute atomic E-state index is 0.181. The van der Waals surface area contributed by atoms with E-state index in [0.717, 1.165) is 24.8 Å². The number of carbonyl (C=O) groups is 2. The number of amides is 2. The normalized spacial score (nSPS) is 17.7. The van der Waals surface area contributed by atoms with Gasteiger partial charge in [0.25, 0.3) is 0 Å². The monoisotopic (exact) mass is 522 g/mol. The van der Waals surface area contributed by atoms with Crippen molar-refractivity contribution in [2.24, 2.45) is 0 Å². The van der Waals surface area contributed by atoms with E-state index in [0.29, 0.717) is 31.1 Å². The van der Waals surface area contributed by atoms with Crippen LogP contribution < -0.4 is 4.90 Å². The van der Waals surface area contributed by atoms with Crippen LogP contribution in [0.2, 0.25) is 0 Å². The summed E-state index contributed by atoms with van der Waals surface area (Å²) in [6.45, 7) is 17.1. The molecule has 206 valence electrons. The zero-order valence-corrected chi connectivity index (χ0v) is 24.4. The van der Waals surface area contributed by atoms with Crippen molar-refractivity contribution in [3.05, 3.63) is 23.4 Å². The summed E-state index contributed by atoms with van der Waals surface area (Å²) >= 11 is 0. The van der Waals surface area contributed by atoms with Crippen molar-refractivity contribution < 1.29 is 19.1 Å². The van der Waals surface area contributed by atoms with Gasteiger partial charge in [0.1, 0.15) is 22.7 Å². The van der Waals surface area contributed by atoms with Crippen LogP contribution in [0.15, 0.2) is 12.1 Å². The van der Waals surface area contributed by atoms with Crippen molar-refractivity contribution in [2.45, 2.75) is 97.4 Å². The Morgan fingerprint density at radius 3 is 2.29 bits per heavy atom. The number of aryl methyl sites for hydroxylation is 1. The Morgan fingerprint density at radius 1 is 0.974 bits per heavy atom. The predicted octanol–water partition coefficient (Wildman–Crippen LogP) is 4.84. The number of aromatic nitrogens is 1. The first-order valence-electron chi connectivity index (χ1n) is 13.3. The highest BCUT2D eigenvalue weighted by molar-refractivity contribution is 5.88. The Kier molecular flexibility index (Phi) is 8.68. The maximum atomic E-state index is 12.7. The topological polar surface area (TPSA) is 75.2 Å². The van der Waals surface area contributed by atoms with Crippen LogP contribution in [-0.4, -0.2) is 76.4 Å². The highest BCUT2D eigenvalue weighted by Crippen LogP contribution is 2.27. The van der Waals surface area contributed by atoms with E-state index < -0.39 is 22.8 Å². The van der Waals surface area contributed by atoms with E-state index in [1.807, 2.05) is 74.6 Å². The van der Waals surface area contributed by atoms with Crippen molar-refractivity contribution in [2.75, 3.05) is 31.6 Å². The second-order valence-electron chi connectivity index (χ2n) is 12.5. The standard InChI is InChI=1S/C30H42N4O4/c1-28(2,3)37-26(35)33-20-17-24(21-33)32(9)30(7,8)18-11-10-14-23-16-15-22-13-12-19-34(25(22)31-23)27(36)38-29(4,5)6/h15-16,24H,12-13,17,19-21H2,1-9H3/t24-/m1/s1. The Balaban J connectivity index is 1.67. The molecule has 1 saturated heterocycles. The molecule has 1 atom stereocenters. The smallest absolute Gasteiger partial charge is 0.416 e. The number of anilines is 1. The summed E-state index contributed by atoms with van der Waals surface area (Å²) in [5.41, 5.74) is 0.0432. The SMILES string of the molecule is CN([C@@H]1CCN(C(=O)OC(C)(C)C)C1)C(C)(C)C#CC#Cc1ccc2c(n1)N(C(=O)OC(C)(C)C)CCC2. The Morgan fingerprint density at radius 2 is 1.63 bits per heavy atom. The molecule has 38 heavy (non-hydrogen) atoms. The van der Waals surface area contributed by atoms with Crippen LogP contribution in [0.5, 0.6) is 0 Å². The van der Waals surface area contributed by atoms with Gasteiger partial charge in [0.15, 0.2) is 0 Å². The van der Waals surface area contributed by atoms with Gasteiger partial charge < -0.3 is 14.4 Å². The van der Waals surface area contributed by atoms with Crippen molar-refractivity contribution >= 4 is 18.0 Å². The molecule has 2 aliphatic heterocycles. The van der Waals surface area contributed by atoms with E-state index in [4.69, 9.17) is 9.47 Å². The predicted molar refractivity (Wildman–Crippen MR) is 149 cm³/mol. The average Bonchev–Trinajstić information content (AvgIpc) is 3.29. The second-order valence-corrected chi connectivity index (χ2v) is 12.5. The molecule has 8 nitrogen and oxygen atoms in total. The summed E-state index contributed by atoms with van der Waals surface area (Å²) in [4.78, 5) is 35.4. The molecule has 3 heterocycles. The van der Waals surface area contributed by atoms with Gasteiger partial charge in [-0.15, -0.1) is 0 Å². The molecular weight excluding hydrogens is 480 g/mol. The van der Waals surface area contributed by atoms with Crippen LogP contribution in [0.1, 0.15) is 79.5 Å².